The van der Waals surface area contributed by atoms with Crippen LogP contribution in [0.4, 0.5) is 5.69 Å². The van der Waals surface area contributed by atoms with E-state index in [0.29, 0.717) is 31.0 Å². The highest BCUT2D eigenvalue weighted by Crippen LogP contribution is 2.20. The number of guanidine groups is 1. The lowest BCUT2D eigenvalue weighted by molar-refractivity contribution is -0.117. The third-order valence-electron chi connectivity index (χ3n) is 4.82. The number of carbonyl (C=O) groups is 2. The second-order valence-electron chi connectivity index (χ2n) is 7.21. The molecule has 0 aliphatic carbocycles. The van der Waals surface area contributed by atoms with E-state index >= 15 is 0 Å². The number of rotatable bonds is 5. The van der Waals surface area contributed by atoms with Crippen LogP contribution in [0.15, 0.2) is 59.6 Å². The molecule has 152 valence electrons. The van der Waals surface area contributed by atoms with Crippen LogP contribution in [0.2, 0.25) is 0 Å². The lowest BCUT2D eigenvalue weighted by Gasteiger charge is -2.19. The summed E-state index contributed by atoms with van der Waals surface area (Å²) in [6.45, 7) is 1.17. The van der Waals surface area contributed by atoms with Gasteiger partial charge in [0.05, 0.1) is 6.04 Å². The Labute approximate surface area is 171 Å². The van der Waals surface area contributed by atoms with Gasteiger partial charge in [-0.1, -0.05) is 30.3 Å². The van der Waals surface area contributed by atoms with Gasteiger partial charge in [0.15, 0.2) is 5.96 Å². The lowest BCUT2D eigenvalue weighted by Crippen LogP contribution is -2.44. The molecule has 1 atom stereocenters. The average molecular weight is 393 g/mol. The maximum absolute atomic E-state index is 12.4. The summed E-state index contributed by atoms with van der Waals surface area (Å²) in [7, 11) is 5.18. The zero-order valence-electron chi connectivity index (χ0n) is 17.1. The molecule has 1 fully saturated rings. The standard InChI is InChI=1S/C22H27N5O2/c1-23-22(24-14-16-9-11-17(12-10-16)21(29)26(2)3)25-18-13-20(28)27(15-18)19-7-5-4-6-8-19/h4-12,18H,13-15H2,1-3H3,(H2,23,24,25). The van der Waals surface area contributed by atoms with Crippen molar-refractivity contribution in [2.24, 2.45) is 4.99 Å². The molecule has 2 amide bonds. The topological polar surface area (TPSA) is 77.0 Å². The minimum atomic E-state index is -0.0177. The zero-order valence-corrected chi connectivity index (χ0v) is 17.1. The molecule has 1 unspecified atom stereocenters. The van der Waals surface area contributed by atoms with Gasteiger partial charge in [-0.25, -0.2) is 0 Å². The lowest BCUT2D eigenvalue weighted by atomic mass is 10.1. The third-order valence-corrected chi connectivity index (χ3v) is 4.82. The average Bonchev–Trinajstić information content (AvgIpc) is 3.11. The molecular weight excluding hydrogens is 366 g/mol. The molecule has 0 saturated carbocycles. The second kappa shape index (κ2) is 9.23. The highest BCUT2D eigenvalue weighted by atomic mass is 16.2. The first-order valence-electron chi connectivity index (χ1n) is 9.61. The Morgan fingerprint density at radius 3 is 2.45 bits per heavy atom. The third kappa shape index (κ3) is 5.13. The van der Waals surface area contributed by atoms with Crippen molar-refractivity contribution < 1.29 is 9.59 Å². The molecule has 2 aromatic rings. The summed E-state index contributed by atoms with van der Waals surface area (Å²) in [5.74, 6) is 0.729. The molecule has 29 heavy (non-hydrogen) atoms. The summed E-state index contributed by atoms with van der Waals surface area (Å²) in [6.07, 6.45) is 0.428. The van der Waals surface area contributed by atoms with Gasteiger partial charge in [-0.15, -0.1) is 0 Å². The van der Waals surface area contributed by atoms with Gasteiger partial charge in [-0.05, 0) is 29.8 Å². The van der Waals surface area contributed by atoms with Crippen molar-refractivity contribution in [1.29, 1.82) is 0 Å². The SMILES string of the molecule is CN=C(NCc1ccc(C(=O)N(C)C)cc1)NC1CC(=O)N(c2ccccc2)C1. The number of nitrogens with zero attached hydrogens (tertiary/aromatic N) is 3. The van der Waals surface area contributed by atoms with Crippen LogP contribution in [-0.4, -0.2) is 56.4 Å². The summed E-state index contributed by atoms with van der Waals surface area (Å²) < 4.78 is 0. The molecule has 1 saturated heterocycles. The summed E-state index contributed by atoms with van der Waals surface area (Å²) in [5.41, 5.74) is 2.61. The molecule has 0 radical (unpaired) electrons. The maximum atomic E-state index is 12.4. The van der Waals surface area contributed by atoms with Crippen molar-refractivity contribution >= 4 is 23.5 Å². The molecule has 7 nitrogen and oxygen atoms in total. The fraction of sp³-hybridized carbons (Fsp3) is 0.318. The fourth-order valence-corrected chi connectivity index (χ4v) is 3.26. The van der Waals surface area contributed by atoms with Crippen LogP contribution in [0.1, 0.15) is 22.3 Å². The van der Waals surface area contributed by atoms with Crippen molar-refractivity contribution in [2.45, 2.75) is 19.0 Å². The van der Waals surface area contributed by atoms with Crippen LogP contribution in [0, 0.1) is 0 Å². The molecule has 7 heteroatoms. The number of hydrogen-bond donors (Lipinski definition) is 2. The molecule has 2 aromatic carbocycles. The minimum Gasteiger partial charge on any atom is -0.352 e. The van der Waals surface area contributed by atoms with Crippen LogP contribution in [0.25, 0.3) is 0 Å². The van der Waals surface area contributed by atoms with Crippen LogP contribution >= 0.6 is 0 Å². The Morgan fingerprint density at radius 2 is 1.83 bits per heavy atom. The van der Waals surface area contributed by atoms with Crippen molar-refractivity contribution in [1.82, 2.24) is 15.5 Å². The van der Waals surface area contributed by atoms with E-state index in [1.54, 1.807) is 30.9 Å². The number of anilines is 1. The zero-order chi connectivity index (χ0) is 20.8. The predicted octanol–water partition coefficient (Wildman–Crippen LogP) is 1.86. The summed E-state index contributed by atoms with van der Waals surface area (Å²) in [6, 6.07) is 17.2. The molecule has 2 N–H and O–H groups in total. The number of carbonyl (C=O) groups excluding carboxylic acids is 2. The molecular formula is C22H27N5O2. The maximum Gasteiger partial charge on any atom is 0.253 e. The number of aliphatic imine (C=N–C) groups is 1. The van der Waals surface area contributed by atoms with Gasteiger partial charge in [-0.3, -0.25) is 14.6 Å². The van der Waals surface area contributed by atoms with Gasteiger partial charge in [0.2, 0.25) is 5.91 Å². The van der Waals surface area contributed by atoms with Crippen LogP contribution in [0.3, 0.4) is 0 Å². The van der Waals surface area contributed by atoms with Crippen LogP contribution < -0.4 is 15.5 Å². The van der Waals surface area contributed by atoms with Gasteiger partial charge < -0.3 is 20.4 Å². The Balaban J connectivity index is 1.54. The Bertz CT molecular complexity index is 878. The quantitative estimate of drug-likeness (QED) is 0.601. The van der Waals surface area contributed by atoms with Crippen molar-refractivity contribution in [3.8, 4) is 0 Å². The van der Waals surface area contributed by atoms with Gasteiger partial charge >= 0.3 is 0 Å². The highest BCUT2D eigenvalue weighted by Gasteiger charge is 2.31. The van der Waals surface area contributed by atoms with Crippen molar-refractivity contribution in [3.63, 3.8) is 0 Å². The van der Waals surface area contributed by atoms with E-state index in [1.165, 1.54) is 0 Å². The fourth-order valence-electron chi connectivity index (χ4n) is 3.26. The number of hydrogen-bond acceptors (Lipinski definition) is 3. The molecule has 1 aliphatic rings. The molecule has 0 spiro atoms. The monoisotopic (exact) mass is 393 g/mol. The molecule has 1 heterocycles. The number of para-hydroxylation sites is 1. The van der Waals surface area contributed by atoms with Gasteiger partial charge in [0, 0.05) is 51.9 Å². The molecule has 3 rings (SSSR count). The van der Waals surface area contributed by atoms with E-state index < -0.39 is 0 Å². The summed E-state index contributed by atoms with van der Waals surface area (Å²) in [5, 5.41) is 6.59. The van der Waals surface area contributed by atoms with Gasteiger partial charge in [-0.2, -0.15) is 0 Å². The Kier molecular flexibility index (Phi) is 6.49. The highest BCUT2D eigenvalue weighted by molar-refractivity contribution is 5.97. The second-order valence-corrected chi connectivity index (χ2v) is 7.21. The van der Waals surface area contributed by atoms with E-state index in [1.807, 2.05) is 54.6 Å². The van der Waals surface area contributed by atoms with E-state index in [2.05, 4.69) is 15.6 Å². The smallest absolute Gasteiger partial charge is 0.253 e. The normalized spacial score (nSPS) is 16.7. The number of nitrogens with one attached hydrogen (secondary N) is 2. The Hall–Kier alpha value is -3.35. The molecule has 0 bridgehead atoms. The summed E-state index contributed by atoms with van der Waals surface area (Å²) in [4.78, 5) is 31.9. The van der Waals surface area contributed by atoms with E-state index in [4.69, 9.17) is 0 Å². The van der Waals surface area contributed by atoms with Gasteiger partial charge in [0.1, 0.15) is 0 Å². The van der Waals surface area contributed by atoms with Crippen LogP contribution in [0.5, 0.6) is 0 Å². The van der Waals surface area contributed by atoms with E-state index in [0.717, 1.165) is 11.3 Å². The first-order valence-corrected chi connectivity index (χ1v) is 9.61. The molecule has 1 aliphatic heterocycles. The predicted molar refractivity (Wildman–Crippen MR) is 115 cm³/mol. The van der Waals surface area contributed by atoms with E-state index in [9.17, 15) is 9.59 Å². The minimum absolute atomic E-state index is 0.00556. The molecule has 0 aromatic heterocycles. The van der Waals surface area contributed by atoms with Crippen molar-refractivity contribution in [3.05, 3.63) is 65.7 Å². The van der Waals surface area contributed by atoms with E-state index in [-0.39, 0.29) is 17.9 Å². The Morgan fingerprint density at radius 1 is 1.14 bits per heavy atom. The van der Waals surface area contributed by atoms with Gasteiger partial charge in [0.25, 0.3) is 5.91 Å². The van der Waals surface area contributed by atoms with Crippen molar-refractivity contribution in [2.75, 3.05) is 32.6 Å². The first kappa shape index (κ1) is 20.4. The van der Waals surface area contributed by atoms with Crippen LogP contribution in [-0.2, 0) is 11.3 Å². The number of amides is 2. The summed E-state index contributed by atoms with van der Waals surface area (Å²) >= 11 is 0. The first-order chi connectivity index (χ1) is 14.0. The number of benzene rings is 2. The largest absolute Gasteiger partial charge is 0.352 e.